The van der Waals surface area contributed by atoms with Crippen LogP contribution in [-0.2, 0) is 5.41 Å². The van der Waals surface area contributed by atoms with Crippen molar-refractivity contribution >= 4 is 11.7 Å². The van der Waals surface area contributed by atoms with Crippen LogP contribution in [-0.4, -0.2) is 19.4 Å². The minimum absolute atomic E-state index is 0.0769. The number of amides is 2. The average molecular weight is 324 g/mol. The summed E-state index contributed by atoms with van der Waals surface area (Å²) in [6.45, 7) is 0.873. The maximum atomic E-state index is 12.2. The molecule has 0 saturated heterocycles. The lowest BCUT2D eigenvalue weighted by atomic mass is 9.64. The molecule has 1 fully saturated rings. The zero-order chi connectivity index (χ0) is 16.4. The van der Waals surface area contributed by atoms with Gasteiger partial charge >= 0.3 is 6.03 Å². The van der Waals surface area contributed by atoms with Gasteiger partial charge in [0.1, 0.15) is 0 Å². The van der Waals surface area contributed by atoms with Crippen LogP contribution in [0.3, 0.4) is 0 Å². The first-order valence-electron chi connectivity index (χ1n) is 8.25. The third-order valence-corrected chi connectivity index (χ3v) is 4.91. The highest BCUT2D eigenvalue weighted by Crippen LogP contribution is 2.43. The van der Waals surface area contributed by atoms with Gasteiger partial charge in [-0.1, -0.05) is 36.8 Å². The van der Waals surface area contributed by atoms with Crippen molar-refractivity contribution in [3.63, 3.8) is 0 Å². The summed E-state index contributed by atoms with van der Waals surface area (Å²) in [5, 5.41) is 5.88. The fraction of sp³-hybridized carbons (Fsp3) is 0.316. The Kier molecular flexibility index (Phi) is 3.76. The first-order chi connectivity index (χ1) is 11.8. The highest BCUT2D eigenvalue weighted by atomic mass is 16.7. The molecule has 0 bridgehead atoms. The Morgan fingerprint density at radius 1 is 1.04 bits per heavy atom. The minimum Gasteiger partial charge on any atom is -0.454 e. The van der Waals surface area contributed by atoms with Crippen molar-refractivity contribution in [3.05, 3.63) is 54.1 Å². The molecule has 2 aliphatic rings. The van der Waals surface area contributed by atoms with E-state index in [1.807, 2.05) is 12.1 Å². The van der Waals surface area contributed by atoms with E-state index in [9.17, 15) is 4.79 Å². The maximum absolute atomic E-state index is 12.2. The number of ether oxygens (including phenoxy) is 2. The second kappa shape index (κ2) is 6.07. The fourth-order valence-corrected chi connectivity index (χ4v) is 3.36. The fourth-order valence-electron chi connectivity index (χ4n) is 3.36. The summed E-state index contributed by atoms with van der Waals surface area (Å²) in [6, 6.07) is 15.6. The lowest BCUT2D eigenvalue weighted by Gasteiger charge is -2.42. The molecule has 5 heteroatoms. The monoisotopic (exact) mass is 324 g/mol. The molecule has 0 atom stereocenters. The average Bonchev–Trinajstić information content (AvgIpc) is 3.02. The number of fused-ring (bicyclic) bond motifs is 1. The molecule has 2 aromatic rings. The summed E-state index contributed by atoms with van der Waals surface area (Å²) in [5.74, 6) is 1.37. The topological polar surface area (TPSA) is 59.6 Å². The molecule has 1 saturated carbocycles. The van der Waals surface area contributed by atoms with Crippen molar-refractivity contribution in [3.8, 4) is 11.5 Å². The van der Waals surface area contributed by atoms with Gasteiger partial charge in [0.2, 0.25) is 6.79 Å². The lowest BCUT2D eigenvalue weighted by molar-refractivity contribution is 0.174. The van der Waals surface area contributed by atoms with E-state index in [-0.39, 0.29) is 18.2 Å². The van der Waals surface area contributed by atoms with Crippen LogP contribution >= 0.6 is 0 Å². The molecule has 0 spiro atoms. The molecule has 1 aliphatic heterocycles. The number of rotatable bonds is 4. The largest absolute Gasteiger partial charge is 0.454 e. The molecule has 2 aromatic carbocycles. The van der Waals surface area contributed by atoms with Gasteiger partial charge < -0.3 is 20.1 Å². The molecule has 1 aliphatic carbocycles. The Balaban J connectivity index is 1.38. The quantitative estimate of drug-likeness (QED) is 0.902. The van der Waals surface area contributed by atoms with Crippen LogP contribution in [0.15, 0.2) is 48.5 Å². The second-order valence-electron chi connectivity index (χ2n) is 6.38. The normalized spacial score (nSPS) is 17.0. The molecule has 24 heavy (non-hydrogen) atoms. The van der Waals surface area contributed by atoms with E-state index in [2.05, 4.69) is 34.9 Å². The van der Waals surface area contributed by atoms with Crippen LogP contribution in [0.5, 0.6) is 11.5 Å². The molecule has 2 N–H and O–H groups in total. The number of carbonyl (C=O) groups is 1. The highest BCUT2D eigenvalue weighted by Gasteiger charge is 2.38. The second-order valence-corrected chi connectivity index (χ2v) is 6.38. The zero-order valence-corrected chi connectivity index (χ0v) is 13.4. The summed E-state index contributed by atoms with van der Waals surface area (Å²) < 4.78 is 10.6. The summed E-state index contributed by atoms with van der Waals surface area (Å²) in [5.41, 5.74) is 2.08. The number of nitrogens with one attached hydrogen (secondary N) is 2. The number of urea groups is 1. The first kappa shape index (κ1) is 14.9. The molecule has 5 nitrogen and oxygen atoms in total. The van der Waals surface area contributed by atoms with Gasteiger partial charge in [0.25, 0.3) is 0 Å². The van der Waals surface area contributed by atoms with Crippen molar-refractivity contribution in [1.29, 1.82) is 0 Å². The van der Waals surface area contributed by atoms with Gasteiger partial charge in [0.15, 0.2) is 11.5 Å². The van der Waals surface area contributed by atoms with Crippen molar-refractivity contribution in [2.75, 3.05) is 18.7 Å². The Bertz CT molecular complexity index is 742. The molecule has 124 valence electrons. The van der Waals surface area contributed by atoms with E-state index >= 15 is 0 Å². The van der Waals surface area contributed by atoms with Crippen LogP contribution < -0.4 is 20.1 Å². The van der Waals surface area contributed by atoms with Crippen LogP contribution in [0.2, 0.25) is 0 Å². The van der Waals surface area contributed by atoms with E-state index in [0.717, 1.165) is 12.8 Å². The van der Waals surface area contributed by atoms with E-state index in [1.54, 1.807) is 12.1 Å². The predicted octanol–water partition coefficient (Wildman–Crippen LogP) is 3.66. The van der Waals surface area contributed by atoms with Crippen LogP contribution in [0, 0.1) is 0 Å². The lowest BCUT2D eigenvalue weighted by Crippen LogP contribution is -2.46. The van der Waals surface area contributed by atoms with Gasteiger partial charge in [0, 0.05) is 23.7 Å². The van der Waals surface area contributed by atoms with Crippen LogP contribution in [0.25, 0.3) is 0 Å². The summed E-state index contributed by atoms with van der Waals surface area (Å²) in [4.78, 5) is 12.2. The molecule has 1 heterocycles. The molecule has 2 amide bonds. The predicted molar refractivity (Wildman–Crippen MR) is 91.6 cm³/mol. The number of carbonyl (C=O) groups excluding carboxylic acids is 1. The summed E-state index contributed by atoms with van der Waals surface area (Å²) in [6.07, 6.45) is 3.43. The number of anilines is 1. The smallest absolute Gasteiger partial charge is 0.319 e. The van der Waals surface area contributed by atoms with Crippen LogP contribution in [0.4, 0.5) is 10.5 Å². The molecule has 0 unspecified atom stereocenters. The van der Waals surface area contributed by atoms with Crippen molar-refractivity contribution in [2.24, 2.45) is 0 Å². The van der Waals surface area contributed by atoms with E-state index in [4.69, 9.17) is 9.47 Å². The Morgan fingerprint density at radius 3 is 2.58 bits per heavy atom. The van der Waals surface area contributed by atoms with E-state index in [1.165, 1.54) is 12.0 Å². The standard InChI is InChI=1S/C19H20N2O3/c22-18(21-15-7-8-16-17(11-15)24-13-23-16)20-12-19(9-4-10-19)14-5-2-1-3-6-14/h1-3,5-8,11H,4,9-10,12-13H2,(H2,20,21,22). The van der Waals surface area contributed by atoms with Crippen molar-refractivity contribution in [2.45, 2.75) is 24.7 Å². The van der Waals surface area contributed by atoms with Gasteiger partial charge in [0.05, 0.1) is 0 Å². The summed E-state index contributed by atoms with van der Waals surface area (Å²) in [7, 11) is 0. The SMILES string of the molecule is O=C(NCC1(c2ccccc2)CCC1)Nc1ccc2c(c1)OCO2. The van der Waals surface area contributed by atoms with E-state index in [0.29, 0.717) is 23.7 Å². The minimum atomic E-state index is -0.198. The van der Waals surface area contributed by atoms with Crippen molar-refractivity contribution in [1.82, 2.24) is 5.32 Å². The van der Waals surface area contributed by atoms with Crippen molar-refractivity contribution < 1.29 is 14.3 Å². The van der Waals surface area contributed by atoms with Crippen LogP contribution in [0.1, 0.15) is 24.8 Å². The molecule has 4 rings (SSSR count). The van der Waals surface area contributed by atoms with Gasteiger partial charge in [-0.05, 0) is 30.5 Å². The number of hydrogen-bond acceptors (Lipinski definition) is 3. The van der Waals surface area contributed by atoms with Gasteiger partial charge in [-0.2, -0.15) is 0 Å². The number of benzene rings is 2. The first-order valence-corrected chi connectivity index (χ1v) is 8.25. The third-order valence-electron chi connectivity index (χ3n) is 4.91. The third kappa shape index (κ3) is 2.77. The zero-order valence-electron chi connectivity index (χ0n) is 13.4. The Labute approximate surface area is 141 Å². The molecular formula is C19H20N2O3. The van der Waals surface area contributed by atoms with Gasteiger partial charge in [-0.15, -0.1) is 0 Å². The molecule has 0 radical (unpaired) electrons. The highest BCUT2D eigenvalue weighted by molar-refractivity contribution is 5.89. The maximum Gasteiger partial charge on any atom is 0.319 e. The Morgan fingerprint density at radius 2 is 1.83 bits per heavy atom. The van der Waals surface area contributed by atoms with E-state index < -0.39 is 0 Å². The number of hydrogen-bond donors (Lipinski definition) is 2. The molecule has 0 aromatic heterocycles. The van der Waals surface area contributed by atoms with Gasteiger partial charge in [-0.3, -0.25) is 0 Å². The molecular weight excluding hydrogens is 304 g/mol. The Hall–Kier alpha value is -2.69. The summed E-state index contributed by atoms with van der Waals surface area (Å²) >= 11 is 0. The van der Waals surface area contributed by atoms with Gasteiger partial charge in [-0.25, -0.2) is 4.79 Å².